The summed E-state index contributed by atoms with van der Waals surface area (Å²) in [5, 5.41) is 0. The molecule has 4 aromatic carbocycles. The zero-order valence-electron chi connectivity index (χ0n) is 18.3. The molecule has 4 rings (SSSR count). The van der Waals surface area contributed by atoms with Gasteiger partial charge in [-0.1, -0.05) is 72.8 Å². The molecular weight excluding hydrogens is 392 g/mol. The third kappa shape index (κ3) is 4.62. The van der Waals surface area contributed by atoms with Crippen molar-refractivity contribution in [2.24, 2.45) is 0 Å². The van der Waals surface area contributed by atoms with Crippen molar-refractivity contribution in [1.29, 1.82) is 0 Å². The molecule has 0 N–H and O–H groups in total. The van der Waals surface area contributed by atoms with Crippen LogP contribution in [0.15, 0.2) is 115 Å². The summed E-state index contributed by atoms with van der Waals surface area (Å²) >= 11 is 0. The van der Waals surface area contributed by atoms with Crippen molar-refractivity contribution < 1.29 is 4.79 Å². The highest BCUT2D eigenvalue weighted by atomic mass is 16.1. The monoisotopic (exact) mass is 418 g/mol. The van der Waals surface area contributed by atoms with Crippen LogP contribution in [0, 0.1) is 0 Å². The van der Waals surface area contributed by atoms with E-state index in [2.05, 4.69) is 102 Å². The van der Waals surface area contributed by atoms with Gasteiger partial charge in [0.15, 0.2) is 0 Å². The van der Waals surface area contributed by atoms with Gasteiger partial charge in [0, 0.05) is 42.9 Å². The Labute approximate surface area is 189 Å². The van der Waals surface area contributed by atoms with Crippen molar-refractivity contribution in [2.45, 2.75) is 0 Å². The molecule has 3 heteroatoms. The van der Waals surface area contributed by atoms with E-state index in [1.807, 2.05) is 31.1 Å². The minimum Gasteiger partial charge on any atom is -0.377 e. The highest BCUT2D eigenvalue weighted by molar-refractivity contribution is 5.82. The Kier molecular flexibility index (Phi) is 6.47. The first kappa shape index (κ1) is 21.1. The van der Waals surface area contributed by atoms with E-state index in [0.717, 1.165) is 45.7 Å². The number of hydrogen-bond donors (Lipinski definition) is 0. The Hall–Kier alpha value is -4.11. The summed E-state index contributed by atoms with van der Waals surface area (Å²) in [7, 11) is 3.88. The molecule has 0 aliphatic carbocycles. The predicted molar refractivity (Wildman–Crippen MR) is 134 cm³/mol. The lowest BCUT2D eigenvalue weighted by molar-refractivity contribution is -0.104. The molecule has 0 amide bonds. The number of benzene rings is 4. The van der Waals surface area contributed by atoms with Gasteiger partial charge in [-0.05, 0) is 53.1 Å². The normalized spacial score (nSPS) is 11.1. The van der Waals surface area contributed by atoms with Gasteiger partial charge in [-0.25, -0.2) is 0 Å². The molecule has 0 atom stereocenters. The number of allylic oxidation sites excluding steroid dienone is 1. The molecule has 0 aliphatic rings. The van der Waals surface area contributed by atoms with E-state index in [0.29, 0.717) is 0 Å². The number of hydrogen-bond acceptors (Lipinski definition) is 3. The fourth-order valence-electron chi connectivity index (χ4n) is 3.81. The van der Waals surface area contributed by atoms with Crippen LogP contribution in [0.25, 0.3) is 16.8 Å². The molecule has 0 bridgehead atoms. The highest BCUT2D eigenvalue weighted by Gasteiger charge is 2.12. The van der Waals surface area contributed by atoms with E-state index in [9.17, 15) is 4.79 Å². The third-order valence-electron chi connectivity index (χ3n) is 5.38. The van der Waals surface area contributed by atoms with Gasteiger partial charge < -0.3 is 9.80 Å². The van der Waals surface area contributed by atoms with Gasteiger partial charge in [-0.2, -0.15) is 0 Å². The quantitative estimate of drug-likeness (QED) is 0.240. The van der Waals surface area contributed by atoms with E-state index >= 15 is 0 Å². The molecule has 0 saturated carbocycles. The first-order valence-corrected chi connectivity index (χ1v) is 10.6. The van der Waals surface area contributed by atoms with Gasteiger partial charge in [-0.15, -0.1) is 0 Å². The van der Waals surface area contributed by atoms with E-state index in [-0.39, 0.29) is 0 Å². The summed E-state index contributed by atoms with van der Waals surface area (Å²) in [6.45, 7) is 0. The Morgan fingerprint density at radius 1 is 0.594 bits per heavy atom. The standard InChI is InChI=1S/C29H26N2O/c1-30(2)29(21-22-32)25-15-13-23(14-16-25)24-17-19-28(20-18-24)31(26-9-5-3-6-10-26)27-11-7-4-8-12-27/h3-22H,1-2H3. The Morgan fingerprint density at radius 3 is 1.47 bits per heavy atom. The van der Waals surface area contributed by atoms with Crippen molar-refractivity contribution in [3.63, 3.8) is 0 Å². The fraction of sp³-hybridized carbons (Fsp3) is 0.0690. The largest absolute Gasteiger partial charge is 0.377 e. The molecule has 158 valence electrons. The molecule has 0 saturated heterocycles. The second-order valence-corrected chi connectivity index (χ2v) is 7.71. The highest BCUT2D eigenvalue weighted by Crippen LogP contribution is 2.35. The van der Waals surface area contributed by atoms with Crippen molar-refractivity contribution >= 4 is 29.0 Å². The van der Waals surface area contributed by atoms with E-state index in [4.69, 9.17) is 0 Å². The Morgan fingerprint density at radius 2 is 1.03 bits per heavy atom. The molecule has 0 unspecified atom stereocenters. The zero-order chi connectivity index (χ0) is 22.3. The topological polar surface area (TPSA) is 23.6 Å². The number of rotatable bonds is 7. The van der Waals surface area contributed by atoms with Crippen LogP contribution in [0.2, 0.25) is 0 Å². The number of aldehydes is 1. The maximum atomic E-state index is 11.0. The summed E-state index contributed by atoms with van der Waals surface area (Å²) in [6, 6.07) is 37.7. The number of para-hydroxylation sites is 2. The van der Waals surface area contributed by atoms with Gasteiger partial charge in [0.05, 0.1) is 0 Å². The lowest BCUT2D eigenvalue weighted by atomic mass is 10.0. The average Bonchev–Trinajstić information content (AvgIpc) is 2.84. The number of anilines is 3. The summed E-state index contributed by atoms with van der Waals surface area (Å²) in [6.07, 6.45) is 2.42. The van der Waals surface area contributed by atoms with E-state index < -0.39 is 0 Å². The first-order chi connectivity index (χ1) is 15.7. The number of carbonyl (C=O) groups is 1. The molecule has 0 heterocycles. The van der Waals surface area contributed by atoms with Gasteiger partial charge in [0.2, 0.25) is 0 Å². The second-order valence-electron chi connectivity index (χ2n) is 7.71. The minimum absolute atomic E-state index is 0.827. The van der Waals surface area contributed by atoms with Crippen LogP contribution in [-0.2, 0) is 4.79 Å². The molecule has 32 heavy (non-hydrogen) atoms. The Balaban J connectivity index is 1.65. The molecule has 0 aliphatic heterocycles. The summed E-state index contributed by atoms with van der Waals surface area (Å²) in [5.74, 6) is 0. The van der Waals surface area contributed by atoms with Crippen LogP contribution in [0.3, 0.4) is 0 Å². The first-order valence-electron chi connectivity index (χ1n) is 10.6. The van der Waals surface area contributed by atoms with Gasteiger partial charge >= 0.3 is 0 Å². The maximum Gasteiger partial charge on any atom is 0.144 e. The van der Waals surface area contributed by atoms with Crippen molar-refractivity contribution in [1.82, 2.24) is 4.90 Å². The number of nitrogens with zero attached hydrogens (tertiary/aromatic N) is 2. The minimum atomic E-state index is 0.827. The third-order valence-corrected chi connectivity index (χ3v) is 5.38. The lowest BCUT2D eigenvalue weighted by Gasteiger charge is -2.25. The van der Waals surface area contributed by atoms with E-state index in [1.54, 1.807) is 6.08 Å². The van der Waals surface area contributed by atoms with Crippen LogP contribution in [-0.4, -0.2) is 25.3 Å². The summed E-state index contributed by atoms with van der Waals surface area (Å²) in [4.78, 5) is 15.2. The fourth-order valence-corrected chi connectivity index (χ4v) is 3.81. The molecule has 0 radical (unpaired) electrons. The van der Waals surface area contributed by atoms with Crippen molar-refractivity contribution in [2.75, 3.05) is 19.0 Å². The van der Waals surface area contributed by atoms with Crippen LogP contribution in [0.1, 0.15) is 5.56 Å². The maximum absolute atomic E-state index is 11.0. The van der Waals surface area contributed by atoms with Crippen molar-refractivity contribution in [3.05, 3.63) is 121 Å². The zero-order valence-corrected chi connectivity index (χ0v) is 18.3. The predicted octanol–water partition coefficient (Wildman–Crippen LogP) is 6.92. The van der Waals surface area contributed by atoms with Crippen molar-refractivity contribution in [3.8, 4) is 11.1 Å². The summed E-state index contributed by atoms with van der Waals surface area (Å²) < 4.78 is 0. The lowest BCUT2D eigenvalue weighted by Crippen LogP contribution is -2.10. The SMILES string of the molecule is CN(C)C(=CC=O)c1ccc(-c2ccc(N(c3ccccc3)c3ccccc3)cc2)cc1. The van der Waals surface area contributed by atoms with Gasteiger partial charge in [0.25, 0.3) is 0 Å². The Bertz CT molecular complexity index is 1140. The second kappa shape index (κ2) is 9.80. The van der Waals surface area contributed by atoms with Crippen LogP contribution in [0.4, 0.5) is 17.1 Å². The van der Waals surface area contributed by atoms with Gasteiger partial charge in [0.1, 0.15) is 6.29 Å². The summed E-state index contributed by atoms with van der Waals surface area (Å²) in [5.41, 5.74) is 7.53. The smallest absolute Gasteiger partial charge is 0.144 e. The number of carbonyl (C=O) groups excluding carboxylic acids is 1. The van der Waals surface area contributed by atoms with Gasteiger partial charge in [-0.3, -0.25) is 4.79 Å². The molecule has 0 spiro atoms. The average molecular weight is 419 g/mol. The molecule has 4 aromatic rings. The van der Waals surface area contributed by atoms with E-state index in [1.165, 1.54) is 0 Å². The molecule has 0 aromatic heterocycles. The molecule has 0 fully saturated rings. The van der Waals surface area contributed by atoms with Crippen LogP contribution in [0.5, 0.6) is 0 Å². The van der Waals surface area contributed by atoms with Crippen LogP contribution < -0.4 is 4.90 Å². The molecule has 3 nitrogen and oxygen atoms in total. The van der Waals surface area contributed by atoms with Crippen LogP contribution >= 0.6 is 0 Å². The molecular formula is C29H26N2O.